The molecule has 1 aromatic heterocycles. The Kier molecular flexibility index (Phi) is 4.09. The number of H-pyrrole nitrogens is 2. The van der Waals surface area contributed by atoms with E-state index in [0.717, 1.165) is 0 Å². The molecule has 3 rings (SSSR count). The minimum Gasteiger partial charge on any atom is -0.448 e. The summed E-state index contributed by atoms with van der Waals surface area (Å²) < 4.78 is 31.7. The number of fused-ring (bicyclic) bond motifs is 1. The van der Waals surface area contributed by atoms with Crippen LogP contribution in [0.1, 0.15) is 6.42 Å². The van der Waals surface area contributed by atoms with Gasteiger partial charge in [0.25, 0.3) is 0 Å². The molecule has 1 aromatic carbocycles. The number of carbonyl (C=O) groups is 1. The van der Waals surface area contributed by atoms with Crippen LogP contribution in [0.15, 0.2) is 27.9 Å². The molecule has 1 aliphatic heterocycles. The molecule has 124 valence electrons. The lowest BCUT2D eigenvalue weighted by molar-refractivity contribution is 0.158. The monoisotopic (exact) mass is 340 g/mol. The topological polar surface area (TPSA) is 124 Å². The lowest BCUT2D eigenvalue weighted by Crippen LogP contribution is -2.30. The van der Waals surface area contributed by atoms with Crippen LogP contribution in [0.3, 0.4) is 0 Å². The Labute approximate surface area is 131 Å². The van der Waals surface area contributed by atoms with Gasteiger partial charge in [-0.25, -0.2) is 22.7 Å². The molecule has 0 aliphatic carbocycles. The number of hydrogen-bond donors (Lipinski definition) is 3. The fraction of sp³-hybridized carbons (Fsp3) is 0.385. The van der Waals surface area contributed by atoms with Crippen molar-refractivity contribution in [2.75, 3.05) is 26.2 Å². The van der Waals surface area contributed by atoms with Crippen LogP contribution >= 0.6 is 0 Å². The van der Waals surface area contributed by atoms with Crippen LogP contribution in [0.5, 0.6) is 0 Å². The molecule has 0 unspecified atom stereocenters. The normalized spacial score (nSPS) is 15.3. The predicted octanol–water partition coefficient (Wildman–Crippen LogP) is -0.0232. The third-order valence-electron chi connectivity index (χ3n) is 3.54. The summed E-state index contributed by atoms with van der Waals surface area (Å²) in [5.41, 5.74) is 0.583. The van der Waals surface area contributed by atoms with Gasteiger partial charge in [0.1, 0.15) is 6.61 Å². The lowest BCUT2D eigenvalue weighted by atomic mass is 10.3. The number of carbonyl (C=O) groups excluding carboxylic acids is 1. The van der Waals surface area contributed by atoms with Crippen molar-refractivity contribution in [1.29, 1.82) is 0 Å². The Bertz CT molecular complexity index is 885. The first-order valence-electron chi connectivity index (χ1n) is 7.09. The molecular formula is C13H16N4O5S. The summed E-state index contributed by atoms with van der Waals surface area (Å²) in [5.74, 6) is 0. The third-order valence-corrected chi connectivity index (χ3v) is 5.00. The molecular weight excluding hydrogens is 324 g/mol. The van der Waals surface area contributed by atoms with Crippen molar-refractivity contribution in [3.05, 3.63) is 28.7 Å². The van der Waals surface area contributed by atoms with Gasteiger partial charge in [0.15, 0.2) is 0 Å². The van der Waals surface area contributed by atoms with E-state index in [1.807, 2.05) is 0 Å². The molecule has 10 heteroatoms. The van der Waals surface area contributed by atoms with Crippen molar-refractivity contribution in [2.45, 2.75) is 11.3 Å². The van der Waals surface area contributed by atoms with Crippen LogP contribution in [0.4, 0.5) is 4.79 Å². The number of sulfonamides is 1. The number of nitrogens with zero attached hydrogens (tertiary/aromatic N) is 1. The number of ether oxygens (including phenoxy) is 1. The Morgan fingerprint density at radius 3 is 2.74 bits per heavy atom. The summed E-state index contributed by atoms with van der Waals surface area (Å²) in [6.45, 7) is 1.54. The maximum Gasteiger partial charge on any atom is 0.409 e. The number of aromatic nitrogens is 2. The van der Waals surface area contributed by atoms with Crippen molar-refractivity contribution in [3.63, 3.8) is 0 Å². The van der Waals surface area contributed by atoms with Gasteiger partial charge in [0.2, 0.25) is 10.0 Å². The van der Waals surface area contributed by atoms with Gasteiger partial charge in [-0.1, -0.05) is 0 Å². The highest BCUT2D eigenvalue weighted by atomic mass is 32.2. The van der Waals surface area contributed by atoms with Gasteiger partial charge in [-0.05, 0) is 24.6 Å². The van der Waals surface area contributed by atoms with Crippen LogP contribution in [-0.4, -0.2) is 55.6 Å². The summed E-state index contributed by atoms with van der Waals surface area (Å²) in [7, 11) is -3.67. The van der Waals surface area contributed by atoms with E-state index in [9.17, 15) is 18.0 Å². The third kappa shape index (κ3) is 3.37. The molecule has 0 radical (unpaired) electrons. The second-order valence-electron chi connectivity index (χ2n) is 5.14. The van der Waals surface area contributed by atoms with Gasteiger partial charge < -0.3 is 19.6 Å². The van der Waals surface area contributed by atoms with E-state index in [0.29, 0.717) is 37.2 Å². The van der Waals surface area contributed by atoms with Crippen molar-refractivity contribution < 1.29 is 17.9 Å². The predicted molar refractivity (Wildman–Crippen MR) is 81.6 cm³/mol. The maximum absolute atomic E-state index is 12.2. The molecule has 3 N–H and O–H groups in total. The zero-order chi connectivity index (χ0) is 16.4. The first-order valence-corrected chi connectivity index (χ1v) is 8.57. The summed E-state index contributed by atoms with van der Waals surface area (Å²) in [4.78, 5) is 29.1. The average molecular weight is 340 g/mol. The number of hydrogen-bond acceptors (Lipinski definition) is 5. The van der Waals surface area contributed by atoms with Crippen LogP contribution in [0, 0.1) is 0 Å². The van der Waals surface area contributed by atoms with E-state index in [-0.39, 0.29) is 23.2 Å². The highest BCUT2D eigenvalue weighted by molar-refractivity contribution is 7.89. The van der Waals surface area contributed by atoms with Gasteiger partial charge in [0.05, 0.1) is 22.5 Å². The fourth-order valence-electron chi connectivity index (χ4n) is 2.37. The highest BCUT2D eigenvalue weighted by Gasteiger charge is 2.21. The quantitative estimate of drug-likeness (QED) is 0.637. The lowest BCUT2D eigenvalue weighted by Gasteiger charge is -2.12. The number of rotatable bonds is 6. The number of cyclic esters (lactones) is 1. The molecule has 0 spiro atoms. The van der Waals surface area contributed by atoms with E-state index in [4.69, 9.17) is 4.74 Å². The largest absolute Gasteiger partial charge is 0.448 e. The summed E-state index contributed by atoms with van der Waals surface area (Å²) in [5, 5.41) is 0. The highest BCUT2D eigenvalue weighted by Crippen LogP contribution is 2.14. The number of benzene rings is 1. The Morgan fingerprint density at radius 2 is 2.00 bits per heavy atom. The average Bonchev–Trinajstić information content (AvgIpc) is 3.07. The van der Waals surface area contributed by atoms with Crippen molar-refractivity contribution >= 4 is 27.1 Å². The number of nitrogens with one attached hydrogen (secondary N) is 3. The molecule has 1 aliphatic rings. The molecule has 1 saturated heterocycles. The van der Waals surface area contributed by atoms with E-state index >= 15 is 0 Å². The van der Waals surface area contributed by atoms with Gasteiger partial charge in [-0.2, -0.15) is 0 Å². The van der Waals surface area contributed by atoms with Gasteiger partial charge in [0, 0.05) is 13.1 Å². The molecule has 2 aromatic rings. The van der Waals surface area contributed by atoms with E-state index < -0.39 is 10.0 Å². The maximum atomic E-state index is 12.2. The van der Waals surface area contributed by atoms with E-state index in [1.54, 1.807) is 0 Å². The zero-order valence-corrected chi connectivity index (χ0v) is 13.0. The number of aromatic amines is 2. The molecule has 9 nitrogen and oxygen atoms in total. The summed E-state index contributed by atoms with van der Waals surface area (Å²) in [6.07, 6.45) is 0.118. The molecule has 1 amide bonds. The van der Waals surface area contributed by atoms with Crippen molar-refractivity contribution in [2.24, 2.45) is 0 Å². The number of imidazole rings is 1. The smallest absolute Gasteiger partial charge is 0.409 e. The molecule has 0 atom stereocenters. The zero-order valence-electron chi connectivity index (χ0n) is 12.2. The van der Waals surface area contributed by atoms with Crippen LogP contribution in [0.25, 0.3) is 11.0 Å². The van der Waals surface area contributed by atoms with Crippen LogP contribution < -0.4 is 10.4 Å². The van der Waals surface area contributed by atoms with Crippen LogP contribution in [0.2, 0.25) is 0 Å². The van der Waals surface area contributed by atoms with Gasteiger partial charge in [-0.15, -0.1) is 0 Å². The second kappa shape index (κ2) is 6.05. The van der Waals surface area contributed by atoms with E-state index in [1.165, 1.54) is 23.1 Å². The molecule has 1 fully saturated rings. The SMILES string of the molecule is O=C1OCCN1CCCNS(=O)(=O)c1ccc2[nH]c(=O)[nH]c2c1. The minimum absolute atomic E-state index is 0.0702. The molecule has 0 bridgehead atoms. The first kappa shape index (κ1) is 15.6. The molecule has 0 saturated carbocycles. The van der Waals surface area contributed by atoms with Crippen molar-refractivity contribution in [1.82, 2.24) is 19.6 Å². The summed E-state index contributed by atoms with van der Waals surface area (Å²) >= 11 is 0. The van der Waals surface area contributed by atoms with E-state index in [2.05, 4.69) is 14.7 Å². The fourth-order valence-corrected chi connectivity index (χ4v) is 3.47. The minimum atomic E-state index is -3.67. The van der Waals surface area contributed by atoms with Crippen LogP contribution in [-0.2, 0) is 14.8 Å². The number of amides is 1. The van der Waals surface area contributed by atoms with Crippen molar-refractivity contribution in [3.8, 4) is 0 Å². The Hall–Kier alpha value is -2.33. The second-order valence-corrected chi connectivity index (χ2v) is 6.91. The standard InChI is InChI=1S/C13H16N4O5S/c18-12-15-10-3-2-9(8-11(10)16-12)23(20,21)14-4-1-5-17-6-7-22-13(17)19/h2-3,8,14H,1,4-7H2,(H2,15,16,18). The Morgan fingerprint density at radius 1 is 1.22 bits per heavy atom. The van der Waals surface area contributed by atoms with Gasteiger partial charge >= 0.3 is 11.8 Å². The first-order chi connectivity index (χ1) is 11.0. The summed E-state index contributed by atoms with van der Waals surface area (Å²) in [6, 6.07) is 4.35. The van der Waals surface area contributed by atoms with Gasteiger partial charge in [-0.3, -0.25) is 0 Å². The molecule has 2 heterocycles. The Balaban J connectivity index is 1.61. The molecule has 23 heavy (non-hydrogen) atoms.